The van der Waals surface area contributed by atoms with Crippen LogP contribution in [0.2, 0.25) is 0 Å². The fraction of sp³-hybridized carbons (Fsp3) is 0.857. The van der Waals surface area contributed by atoms with E-state index in [0.717, 1.165) is 0 Å². The number of hydrogen-bond acceptors (Lipinski definition) is 5. The van der Waals surface area contributed by atoms with Crippen molar-refractivity contribution < 1.29 is 17.9 Å². The Morgan fingerprint density at radius 2 is 2.21 bits per heavy atom. The van der Waals surface area contributed by atoms with Crippen molar-refractivity contribution in [1.82, 2.24) is 5.32 Å². The third kappa shape index (κ3) is 3.06. The van der Waals surface area contributed by atoms with Crippen LogP contribution in [0.15, 0.2) is 0 Å². The molecule has 0 aromatic rings. The van der Waals surface area contributed by atoms with Crippen LogP contribution in [-0.2, 0) is 14.6 Å². The van der Waals surface area contributed by atoms with E-state index in [1.807, 2.05) is 0 Å². The number of ether oxygens (including phenoxy) is 1. The molecule has 1 aliphatic rings. The third-order valence-electron chi connectivity index (χ3n) is 1.90. The Kier molecular flexibility index (Phi) is 3.65. The van der Waals surface area contributed by atoms with E-state index in [4.69, 9.17) is 0 Å². The monoisotopic (exact) mass is 239 g/mol. The van der Waals surface area contributed by atoms with Gasteiger partial charge in [0.15, 0.2) is 9.84 Å². The maximum absolute atomic E-state index is 11.1. The molecule has 1 saturated heterocycles. The molecule has 0 radical (unpaired) electrons. The fourth-order valence-electron chi connectivity index (χ4n) is 1.29. The topological polar surface area (TPSA) is 72.5 Å². The van der Waals surface area contributed by atoms with Gasteiger partial charge in [-0.25, -0.2) is 13.2 Å². The highest BCUT2D eigenvalue weighted by atomic mass is 32.2. The Bertz CT molecular complexity index is 314. The second-order valence-corrected chi connectivity index (χ2v) is 5.93. The van der Waals surface area contributed by atoms with E-state index in [1.54, 1.807) is 6.92 Å². The molecule has 1 heterocycles. The first-order valence-corrected chi connectivity index (χ1v) is 6.60. The van der Waals surface area contributed by atoms with Gasteiger partial charge >= 0.3 is 6.09 Å². The molecule has 1 amide bonds. The van der Waals surface area contributed by atoms with Crippen LogP contribution in [0.1, 0.15) is 6.92 Å². The molecule has 1 aliphatic heterocycles. The molecule has 1 rings (SSSR count). The molecule has 1 N–H and O–H groups in total. The van der Waals surface area contributed by atoms with Crippen molar-refractivity contribution >= 4 is 28.6 Å². The minimum absolute atomic E-state index is 0.00713. The van der Waals surface area contributed by atoms with Crippen LogP contribution in [-0.4, -0.2) is 43.9 Å². The van der Waals surface area contributed by atoms with Gasteiger partial charge in [0.25, 0.3) is 0 Å². The smallest absolute Gasteiger partial charge is 0.407 e. The Labute approximate surface area is 88.5 Å². The second kappa shape index (κ2) is 4.39. The van der Waals surface area contributed by atoms with Crippen molar-refractivity contribution in [2.75, 3.05) is 18.1 Å². The van der Waals surface area contributed by atoms with Crippen LogP contribution in [0.25, 0.3) is 0 Å². The van der Waals surface area contributed by atoms with Gasteiger partial charge in [0.05, 0.1) is 24.2 Å². The predicted octanol–water partition coefficient (Wildman–Crippen LogP) is -0.172. The van der Waals surface area contributed by atoms with E-state index < -0.39 is 22.0 Å². The Morgan fingerprint density at radius 1 is 1.57 bits per heavy atom. The molecule has 7 heteroatoms. The van der Waals surface area contributed by atoms with Gasteiger partial charge in [0.2, 0.25) is 0 Å². The SMILES string of the molecule is CCOC(=O)N[C@@H]1CS(=O)(=O)C[C@@H]1S. The molecule has 0 aromatic carbocycles. The van der Waals surface area contributed by atoms with E-state index in [1.165, 1.54) is 0 Å². The summed E-state index contributed by atoms with van der Waals surface area (Å²) in [6.07, 6.45) is -0.589. The molecule has 0 saturated carbocycles. The highest BCUT2D eigenvalue weighted by Crippen LogP contribution is 2.17. The van der Waals surface area contributed by atoms with Crippen molar-refractivity contribution in [1.29, 1.82) is 0 Å². The number of hydrogen-bond donors (Lipinski definition) is 2. The highest BCUT2D eigenvalue weighted by molar-refractivity contribution is 7.93. The average Bonchev–Trinajstić information content (AvgIpc) is 2.25. The lowest BCUT2D eigenvalue weighted by Crippen LogP contribution is -2.40. The van der Waals surface area contributed by atoms with Crippen LogP contribution >= 0.6 is 12.6 Å². The van der Waals surface area contributed by atoms with Gasteiger partial charge in [-0.05, 0) is 6.92 Å². The first-order valence-electron chi connectivity index (χ1n) is 4.26. The lowest BCUT2D eigenvalue weighted by molar-refractivity contribution is 0.149. The van der Waals surface area contributed by atoms with Gasteiger partial charge in [-0.3, -0.25) is 0 Å². The number of alkyl carbamates (subject to hydrolysis) is 1. The van der Waals surface area contributed by atoms with Crippen molar-refractivity contribution in [3.8, 4) is 0 Å². The number of carbonyl (C=O) groups excluding carboxylic acids is 1. The molecule has 0 spiro atoms. The summed E-state index contributed by atoms with van der Waals surface area (Å²) in [7, 11) is -3.05. The van der Waals surface area contributed by atoms with Crippen LogP contribution in [0.3, 0.4) is 0 Å². The molecule has 0 bridgehead atoms. The number of amides is 1. The van der Waals surface area contributed by atoms with Crippen LogP contribution in [0, 0.1) is 0 Å². The summed E-state index contributed by atoms with van der Waals surface area (Å²) in [6.45, 7) is 1.95. The molecular formula is C7H13NO4S2. The van der Waals surface area contributed by atoms with Gasteiger partial charge in [0.1, 0.15) is 0 Å². The van der Waals surface area contributed by atoms with Crippen LogP contribution < -0.4 is 5.32 Å². The molecule has 82 valence electrons. The first-order chi connectivity index (χ1) is 6.44. The number of nitrogens with one attached hydrogen (secondary N) is 1. The van der Waals surface area contributed by atoms with E-state index >= 15 is 0 Å². The highest BCUT2D eigenvalue weighted by Gasteiger charge is 2.36. The van der Waals surface area contributed by atoms with Gasteiger partial charge in [-0.1, -0.05) is 0 Å². The summed E-state index contributed by atoms with van der Waals surface area (Å²) >= 11 is 4.09. The van der Waals surface area contributed by atoms with Crippen molar-refractivity contribution in [3.63, 3.8) is 0 Å². The van der Waals surface area contributed by atoms with Gasteiger partial charge < -0.3 is 10.1 Å². The van der Waals surface area contributed by atoms with Crippen LogP contribution in [0.5, 0.6) is 0 Å². The molecular weight excluding hydrogens is 226 g/mol. The standard InChI is InChI=1S/C7H13NO4S2/c1-2-12-7(9)8-5-3-14(10,11)4-6(5)13/h5-6,13H,2-4H2,1H3,(H,8,9)/t5-,6+/m1/s1. The normalized spacial score (nSPS) is 29.9. The lowest BCUT2D eigenvalue weighted by Gasteiger charge is -2.14. The Balaban J connectivity index is 2.51. The minimum Gasteiger partial charge on any atom is -0.450 e. The number of thiol groups is 1. The molecule has 14 heavy (non-hydrogen) atoms. The van der Waals surface area contributed by atoms with Crippen molar-refractivity contribution in [3.05, 3.63) is 0 Å². The summed E-state index contributed by atoms with van der Waals surface area (Å²) < 4.78 is 26.9. The predicted molar refractivity (Wildman–Crippen MR) is 55.4 cm³/mol. The zero-order valence-corrected chi connectivity index (χ0v) is 9.48. The Morgan fingerprint density at radius 3 is 2.64 bits per heavy atom. The van der Waals surface area contributed by atoms with E-state index in [2.05, 4.69) is 22.7 Å². The van der Waals surface area contributed by atoms with Crippen molar-refractivity contribution in [2.24, 2.45) is 0 Å². The van der Waals surface area contributed by atoms with Crippen molar-refractivity contribution in [2.45, 2.75) is 18.2 Å². The van der Waals surface area contributed by atoms with E-state index in [-0.39, 0.29) is 23.4 Å². The molecule has 2 atom stereocenters. The third-order valence-corrected chi connectivity index (χ3v) is 4.42. The average molecular weight is 239 g/mol. The molecule has 1 fully saturated rings. The minimum atomic E-state index is -3.05. The number of carbonyl (C=O) groups is 1. The maximum Gasteiger partial charge on any atom is 0.407 e. The zero-order valence-electron chi connectivity index (χ0n) is 7.76. The Hall–Kier alpha value is -0.430. The largest absolute Gasteiger partial charge is 0.450 e. The quantitative estimate of drug-likeness (QED) is 0.656. The van der Waals surface area contributed by atoms with Gasteiger partial charge in [-0.15, -0.1) is 0 Å². The molecule has 5 nitrogen and oxygen atoms in total. The van der Waals surface area contributed by atoms with Crippen LogP contribution in [0.4, 0.5) is 4.79 Å². The van der Waals surface area contributed by atoms with E-state index in [0.29, 0.717) is 0 Å². The lowest BCUT2D eigenvalue weighted by atomic mass is 10.2. The summed E-state index contributed by atoms with van der Waals surface area (Å²) in [6, 6.07) is -0.442. The number of sulfone groups is 1. The van der Waals surface area contributed by atoms with Gasteiger partial charge in [0, 0.05) is 5.25 Å². The second-order valence-electron chi connectivity index (χ2n) is 3.12. The van der Waals surface area contributed by atoms with E-state index in [9.17, 15) is 13.2 Å². The first kappa shape index (κ1) is 11.6. The summed E-state index contributed by atoms with van der Waals surface area (Å²) in [5.74, 6) is -0.0484. The number of rotatable bonds is 2. The zero-order chi connectivity index (χ0) is 10.8. The molecule has 0 unspecified atom stereocenters. The molecule has 0 aromatic heterocycles. The fourth-order valence-corrected chi connectivity index (χ4v) is 4.05. The summed E-state index contributed by atoms with van der Waals surface area (Å²) in [5.41, 5.74) is 0. The maximum atomic E-state index is 11.1. The summed E-state index contributed by atoms with van der Waals surface area (Å²) in [5, 5.41) is 2.13. The molecule has 0 aliphatic carbocycles. The van der Waals surface area contributed by atoms with Gasteiger partial charge in [-0.2, -0.15) is 12.6 Å². The summed E-state index contributed by atoms with van der Waals surface area (Å²) in [4.78, 5) is 11.0.